The summed E-state index contributed by atoms with van der Waals surface area (Å²) >= 11 is 0. The average molecular weight is 261 g/mol. The number of benzene rings is 1. The monoisotopic (exact) mass is 261 g/mol. The van der Waals surface area contributed by atoms with E-state index in [1.165, 1.54) is 17.5 Å². The van der Waals surface area contributed by atoms with E-state index in [1.54, 1.807) is 0 Å². The van der Waals surface area contributed by atoms with Crippen molar-refractivity contribution in [2.45, 2.75) is 58.1 Å². The van der Waals surface area contributed by atoms with Crippen LogP contribution in [-0.2, 0) is 10.3 Å². The van der Waals surface area contributed by atoms with Crippen LogP contribution in [0.25, 0.3) is 0 Å². The van der Waals surface area contributed by atoms with Gasteiger partial charge < -0.3 is 10.1 Å². The third-order valence-corrected chi connectivity index (χ3v) is 4.25. The van der Waals surface area contributed by atoms with Gasteiger partial charge in [0.1, 0.15) is 0 Å². The minimum Gasteiger partial charge on any atom is -0.370 e. The molecule has 1 aromatic rings. The van der Waals surface area contributed by atoms with Gasteiger partial charge in [0.15, 0.2) is 0 Å². The van der Waals surface area contributed by atoms with E-state index in [0.29, 0.717) is 6.04 Å². The van der Waals surface area contributed by atoms with Crippen molar-refractivity contribution in [3.05, 3.63) is 35.4 Å². The maximum absolute atomic E-state index is 6.21. The van der Waals surface area contributed by atoms with Crippen LogP contribution in [-0.4, -0.2) is 19.2 Å². The Morgan fingerprint density at radius 2 is 2.00 bits per heavy atom. The summed E-state index contributed by atoms with van der Waals surface area (Å²) < 4.78 is 6.21. The van der Waals surface area contributed by atoms with Crippen molar-refractivity contribution in [2.24, 2.45) is 0 Å². The van der Waals surface area contributed by atoms with Crippen molar-refractivity contribution >= 4 is 0 Å². The Bertz CT molecular complexity index is 387. The van der Waals surface area contributed by atoms with Gasteiger partial charge in [-0.05, 0) is 44.7 Å². The van der Waals surface area contributed by atoms with E-state index in [-0.39, 0.29) is 5.60 Å². The maximum atomic E-state index is 6.21. The summed E-state index contributed by atoms with van der Waals surface area (Å²) in [6.45, 7) is 8.57. The van der Waals surface area contributed by atoms with Crippen LogP contribution in [0, 0.1) is 6.92 Å². The van der Waals surface area contributed by atoms with Crippen molar-refractivity contribution < 1.29 is 4.74 Å². The van der Waals surface area contributed by atoms with Crippen LogP contribution < -0.4 is 5.32 Å². The van der Waals surface area contributed by atoms with Crippen molar-refractivity contribution in [2.75, 3.05) is 13.2 Å². The third-order valence-electron chi connectivity index (χ3n) is 4.25. The summed E-state index contributed by atoms with van der Waals surface area (Å²) in [6.07, 6.45) is 4.46. The minimum absolute atomic E-state index is 0.0860. The molecule has 2 heteroatoms. The van der Waals surface area contributed by atoms with E-state index in [1.807, 2.05) is 0 Å². The number of hydrogen-bond acceptors (Lipinski definition) is 2. The molecule has 2 rings (SSSR count). The van der Waals surface area contributed by atoms with Gasteiger partial charge in [-0.15, -0.1) is 0 Å². The normalized spacial score (nSPS) is 27.4. The molecule has 0 saturated carbocycles. The van der Waals surface area contributed by atoms with Gasteiger partial charge in [0.25, 0.3) is 0 Å². The highest BCUT2D eigenvalue weighted by Crippen LogP contribution is 2.38. The summed E-state index contributed by atoms with van der Waals surface area (Å²) in [7, 11) is 0. The van der Waals surface area contributed by atoms with Gasteiger partial charge in [-0.1, -0.05) is 43.7 Å². The van der Waals surface area contributed by atoms with E-state index in [9.17, 15) is 0 Å². The Kier molecular flexibility index (Phi) is 5.00. The highest BCUT2D eigenvalue weighted by molar-refractivity contribution is 5.27. The van der Waals surface area contributed by atoms with Crippen LogP contribution in [0.4, 0.5) is 0 Å². The second kappa shape index (κ2) is 6.53. The van der Waals surface area contributed by atoms with E-state index >= 15 is 0 Å². The summed E-state index contributed by atoms with van der Waals surface area (Å²) in [5.74, 6) is 0. The van der Waals surface area contributed by atoms with Crippen LogP contribution in [0.2, 0.25) is 0 Å². The molecule has 1 aliphatic heterocycles. The molecule has 1 N–H and O–H groups in total. The van der Waals surface area contributed by atoms with Gasteiger partial charge in [-0.2, -0.15) is 0 Å². The highest BCUT2D eigenvalue weighted by Gasteiger charge is 2.37. The Morgan fingerprint density at radius 1 is 1.26 bits per heavy atom. The molecule has 0 amide bonds. The zero-order valence-corrected chi connectivity index (χ0v) is 12.5. The first-order chi connectivity index (χ1) is 9.20. The summed E-state index contributed by atoms with van der Waals surface area (Å²) in [5, 5.41) is 3.66. The Morgan fingerprint density at radius 3 is 2.63 bits per heavy atom. The molecule has 2 unspecified atom stereocenters. The molecule has 1 aliphatic rings. The largest absolute Gasteiger partial charge is 0.370 e. The quantitative estimate of drug-likeness (QED) is 0.871. The predicted molar refractivity (Wildman–Crippen MR) is 80.4 cm³/mol. The van der Waals surface area contributed by atoms with Crippen LogP contribution in [0.5, 0.6) is 0 Å². The molecule has 1 aromatic carbocycles. The van der Waals surface area contributed by atoms with Crippen molar-refractivity contribution in [1.82, 2.24) is 5.32 Å². The van der Waals surface area contributed by atoms with Gasteiger partial charge in [0, 0.05) is 12.6 Å². The van der Waals surface area contributed by atoms with E-state index in [2.05, 4.69) is 50.4 Å². The molecule has 1 fully saturated rings. The lowest BCUT2D eigenvalue weighted by molar-refractivity contribution is -0.0968. The number of hydrogen-bond donors (Lipinski definition) is 1. The molecular weight excluding hydrogens is 234 g/mol. The lowest BCUT2D eigenvalue weighted by Gasteiger charge is -2.41. The Labute approximate surface area is 117 Å². The highest BCUT2D eigenvalue weighted by atomic mass is 16.5. The Hall–Kier alpha value is -0.860. The van der Waals surface area contributed by atoms with Crippen molar-refractivity contribution in [1.29, 1.82) is 0 Å². The average Bonchev–Trinajstić information content (AvgIpc) is 2.46. The number of nitrogens with one attached hydrogen (secondary N) is 1. The zero-order valence-electron chi connectivity index (χ0n) is 12.5. The van der Waals surface area contributed by atoms with Gasteiger partial charge in [-0.3, -0.25) is 0 Å². The molecule has 1 saturated heterocycles. The van der Waals surface area contributed by atoms with Gasteiger partial charge in [0.2, 0.25) is 0 Å². The first-order valence-corrected chi connectivity index (χ1v) is 7.64. The first kappa shape index (κ1) is 14.5. The molecule has 0 bridgehead atoms. The van der Waals surface area contributed by atoms with Crippen LogP contribution in [0.3, 0.4) is 0 Å². The summed E-state index contributed by atoms with van der Waals surface area (Å²) in [5.41, 5.74) is 2.56. The number of rotatable bonds is 5. The smallest absolute Gasteiger partial charge is 0.0943 e. The lowest BCUT2D eigenvalue weighted by Crippen LogP contribution is -2.45. The molecular formula is C17H27NO. The fourth-order valence-corrected chi connectivity index (χ4v) is 2.99. The van der Waals surface area contributed by atoms with E-state index in [4.69, 9.17) is 4.74 Å². The molecule has 0 spiro atoms. The van der Waals surface area contributed by atoms with Crippen LogP contribution in [0.15, 0.2) is 24.3 Å². The second-order valence-corrected chi connectivity index (χ2v) is 5.71. The fourth-order valence-electron chi connectivity index (χ4n) is 2.99. The molecule has 2 nitrogen and oxygen atoms in total. The standard InChI is InChI=1S/C17H27NO/c1-4-11-18-16-10-12-19-17(5-2,13-16)15-8-6-14(3)7-9-15/h6-9,16,18H,4-5,10-13H2,1-3H3. The molecule has 0 aromatic heterocycles. The fraction of sp³-hybridized carbons (Fsp3) is 0.647. The Balaban J connectivity index is 2.14. The number of ether oxygens (including phenoxy) is 1. The molecule has 1 heterocycles. The predicted octanol–water partition coefficient (Wildman–Crippen LogP) is 3.78. The maximum Gasteiger partial charge on any atom is 0.0943 e. The van der Waals surface area contributed by atoms with Gasteiger partial charge in [0.05, 0.1) is 5.60 Å². The molecule has 2 atom stereocenters. The molecule has 19 heavy (non-hydrogen) atoms. The SMILES string of the molecule is CCCNC1CCOC(CC)(c2ccc(C)cc2)C1. The van der Waals surface area contributed by atoms with Gasteiger partial charge in [-0.25, -0.2) is 0 Å². The van der Waals surface area contributed by atoms with E-state index < -0.39 is 0 Å². The molecule has 0 radical (unpaired) electrons. The van der Waals surface area contributed by atoms with Crippen molar-refractivity contribution in [3.63, 3.8) is 0 Å². The second-order valence-electron chi connectivity index (χ2n) is 5.71. The van der Waals surface area contributed by atoms with E-state index in [0.717, 1.165) is 32.4 Å². The molecule has 106 valence electrons. The topological polar surface area (TPSA) is 21.3 Å². The van der Waals surface area contributed by atoms with Crippen molar-refractivity contribution in [3.8, 4) is 0 Å². The summed E-state index contributed by atoms with van der Waals surface area (Å²) in [6, 6.07) is 9.45. The van der Waals surface area contributed by atoms with Crippen LogP contribution in [0.1, 0.15) is 50.7 Å². The first-order valence-electron chi connectivity index (χ1n) is 7.64. The third kappa shape index (κ3) is 3.37. The number of aryl methyl sites for hydroxylation is 1. The molecule has 0 aliphatic carbocycles. The summed E-state index contributed by atoms with van der Waals surface area (Å²) in [4.78, 5) is 0. The minimum atomic E-state index is -0.0860. The van der Waals surface area contributed by atoms with Gasteiger partial charge >= 0.3 is 0 Å². The zero-order chi connectivity index (χ0) is 13.7. The van der Waals surface area contributed by atoms with Crippen LogP contribution >= 0.6 is 0 Å². The lowest BCUT2D eigenvalue weighted by atomic mass is 9.82.